The molecule has 1 saturated heterocycles. The van der Waals surface area contributed by atoms with Crippen LogP contribution in [-0.4, -0.2) is 30.6 Å². The van der Waals surface area contributed by atoms with Crippen molar-refractivity contribution in [3.8, 4) is 0 Å². The van der Waals surface area contributed by atoms with Gasteiger partial charge in [-0.1, -0.05) is 12.1 Å². The summed E-state index contributed by atoms with van der Waals surface area (Å²) in [6, 6.07) is 5.57. The molecule has 0 unspecified atom stereocenters. The van der Waals surface area contributed by atoms with Crippen molar-refractivity contribution in [1.82, 2.24) is 10.2 Å². The van der Waals surface area contributed by atoms with Crippen LogP contribution in [0.1, 0.15) is 30.9 Å². The molecule has 0 aliphatic carbocycles. The maximum atomic E-state index is 13.5. The van der Waals surface area contributed by atoms with Gasteiger partial charge in [0, 0.05) is 25.2 Å². The molecule has 0 aromatic heterocycles. The molecule has 1 aliphatic rings. The van der Waals surface area contributed by atoms with Gasteiger partial charge in [-0.3, -0.25) is 4.90 Å². The van der Waals surface area contributed by atoms with Crippen LogP contribution in [-0.2, 0) is 6.54 Å². The molecule has 0 atom stereocenters. The Balaban J connectivity index is 1.93. The molecule has 1 heterocycles. The number of piperidine rings is 1. The second-order valence-electron chi connectivity index (χ2n) is 5.67. The van der Waals surface area contributed by atoms with Crippen LogP contribution in [0.25, 0.3) is 0 Å². The second kappa shape index (κ2) is 5.37. The number of hydrogen-bond donors (Lipinski definition) is 1. The average Bonchev–Trinajstić information content (AvgIpc) is 2.37. The minimum absolute atomic E-state index is 0.0930. The van der Waals surface area contributed by atoms with Crippen LogP contribution < -0.4 is 5.32 Å². The molecular weight excluding hydrogens is 227 g/mol. The number of hydrogen-bond acceptors (Lipinski definition) is 2. The highest BCUT2D eigenvalue weighted by atomic mass is 19.1. The monoisotopic (exact) mass is 250 g/mol. The van der Waals surface area contributed by atoms with Gasteiger partial charge in [0.2, 0.25) is 0 Å². The van der Waals surface area contributed by atoms with E-state index in [1.807, 2.05) is 19.2 Å². The summed E-state index contributed by atoms with van der Waals surface area (Å²) in [6.45, 7) is 7.09. The normalized spacial score (nSPS) is 20.0. The first-order chi connectivity index (χ1) is 8.52. The van der Waals surface area contributed by atoms with Crippen LogP contribution in [0, 0.1) is 12.7 Å². The van der Waals surface area contributed by atoms with Gasteiger partial charge in [-0.2, -0.15) is 0 Å². The second-order valence-corrected chi connectivity index (χ2v) is 5.67. The molecule has 3 heteroatoms. The Kier molecular flexibility index (Phi) is 4.03. The van der Waals surface area contributed by atoms with Crippen molar-refractivity contribution < 1.29 is 4.39 Å². The maximum absolute atomic E-state index is 13.5. The molecule has 18 heavy (non-hydrogen) atoms. The van der Waals surface area contributed by atoms with Crippen molar-refractivity contribution in [3.05, 3.63) is 35.1 Å². The lowest BCUT2D eigenvalue weighted by Crippen LogP contribution is -2.49. The molecule has 1 aromatic rings. The van der Waals surface area contributed by atoms with E-state index >= 15 is 0 Å². The minimum atomic E-state index is -0.0930. The highest BCUT2D eigenvalue weighted by Gasteiger charge is 2.27. The third-order valence-corrected chi connectivity index (χ3v) is 4.21. The van der Waals surface area contributed by atoms with E-state index in [0.29, 0.717) is 0 Å². The summed E-state index contributed by atoms with van der Waals surface area (Å²) in [6.07, 6.45) is 2.30. The van der Waals surface area contributed by atoms with Gasteiger partial charge in [-0.25, -0.2) is 4.39 Å². The molecule has 0 saturated carbocycles. The predicted octanol–water partition coefficient (Wildman–Crippen LogP) is 2.71. The number of benzene rings is 1. The fraction of sp³-hybridized carbons (Fsp3) is 0.600. The van der Waals surface area contributed by atoms with Gasteiger partial charge < -0.3 is 5.32 Å². The number of halogens is 1. The fourth-order valence-corrected chi connectivity index (χ4v) is 2.45. The fourth-order valence-electron chi connectivity index (χ4n) is 2.45. The number of rotatable bonds is 3. The lowest BCUT2D eigenvalue weighted by Gasteiger charge is -2.39. The Morgan fingerprint density at radius 2 is 2.00 bits per heavy atom. The average molecular weight is 250 g/mol. The highest BCUT2D eigenvalue weighted by Crippen LogP contribution is 2.22. The van der Waals surface area contributed by atoms with Crippen LogP contribution in [0.15, 0.2) is 18.2 Å². The summed E-state index contributed by atoms with van der Waals surface area (Å²) in [5.74, 6) is -0.0930. The zero-order valence-corrected chi connectivity index (χ0v) is 11.6. The topological polar surface area (TPSA) is 15.3 Å². The van der Waals surface area contributed by atoms with Crippen molar-refractivity contribution >= 4 is 0 Å². The number of nitrogens with one attached hydrogen (secondary N) is 1. The van der Waals surface area contributed by atoms with Crippen molar-refractivity contribution in [1.29, 1.82) is 0 Å². The molecule has 100 valence electrons. The van der Waals surface area contributed by atoms with E-state index in [4.69, 9.17) is 0 Å². The van der Waals surface area contributed by atoms with Crippen LogP contribution >= 0.6 is 0 Å². The SMILES string of the molecule is CNC1(C)CCN(Cc2ccc(C)c(F)c2)CC1. The molecule has 1 N–H and O–H groups in total. The van der Waals surface area contributed by atoms with Crippen LogP contribution in [0.4, 0.5) is 4.39 Å². The molecule has 0 bridgehead atoms. The number of nitrogens with zero attached hydrogens (tertiary/aromatic N) is 1. The van der Waals surface area contributed by atoms with Gasteiger partial charge in [0.1, 0.15) is 5.82 Å². The summed E-state index contributed by atoms with van der Waals surface area (Å²) in [5, 5.41) is 3.39. The molecule has 1 aromatic carbocycles. The summed E-state index contributed by atoms with van der Waals surface area (Å²) < 4.78 is 13.5. The first kappa shape index (κ1) is 13.5. The smallest absolute Gasteiger partial charge is 0.126 e. The van der Waals surface area contributed by atoms with Crippen LogP contribution in [0.3, 0.4) is 0 Å². The third-order valence-electron chi connectivity index (χ3n) is 4.21. The van der Waals surface area contributed by atoms with Gasteiger partial charge in [0.05, 0.1) is 0 Å². The summed E-state index contributed by atoms with van der Waals surface area (Å²) in [7, 11) is 2.03. The van der Waals surface area contributed by atoms with E-state index < -0.39 is 0 Å². The van der Waals surface area contributed by atoms with Gasteiger partial charge in [-0.05, 0) is 50.9 Å². The molecule has 2 nitrogen and oxygen atoms in total. The van der Waals surface area contributed by atoms with Gasteiger partial charge >= 0.3 is 0 Å². The predicted molar refractivity (Wildman–Crippen MR) is 73.1 cm³/mol. The Hall–Kier alpha value is -0.930. The lowest BCUT2D eigenvalue weighted by atomic mass is 9.90. The molecule has 2 rings (SSSR count). The quantitative estimate of drug-likeness (QED) is 0.887. The maximum Gasteiger partial charge on any atom is 0.126 e. The third kappa shape index (κ3) is 3.09. The van der Waals surface area contributed by atoms with Crippen LogP contribution in [0.5, 0.6) is 0 Å². The first-order valence-electron chi connectivity index (χ1n) is 6.69. The van der Waals surface area contributed by atoms with Crippen molar-refractivity contribution in [2.75, 3.05) is 20.1 Å². The minimum Gasteiger partial charge on any atom is -0.314 e. The van der Waals surface area contributed by atoms with E-state index in [1.165, 1.54) is 0 Å². The van der Waals surface area contributed by atoms with E-state index in [-0.39, 0.29) is 11.4 Å². The number of aryl methyl sites for hydroxylation is 1. The zero-order chi connectivity index (χ0) is 13.2. The molecule has 0 spiro atoms. The van der Waals surface area contributed by atoms with Crippen molar-refractivity contribution in [2.45, 2.75) is 38.8 Å². The zero-order valence-electron chi connectivity index (χ0n) is 11.6. The molecule has 0 radical (unpaired) electrons. The van der Waals surface area contributed by atoms with Gasteiger partial charge in [-0.15, -0.1) is 0 Å². The lowest BCUT2D eigenvalue weighted by molar-refractivity contribution is 0.146. The van der Waals surface area contributed by atoms with E-state index in [9.17, 15) is 4.39 Å². The van der Waals surface area contributed by atoms with Gasteiger partial charge in [0.25, 0.3) is 0 Å². The Morgan fingerprint density at radius 1 is 1.33 bits per heavy atom. The molecule has 1 fully saturated rings. The van der Waals surface area contributed by atoms with E-state index in [0.717, 1.165) is 43.6 Å². The summed E-state index contributed by atoms with van der Waals surface area (Å²) in [5.41, 5.74) is 2.07. The first-order valence-corrected chi connectivity index (χ1v) is 6.69. The van der Waals surface area contributed by atoms with E-state index in [2.05, 4.69) is 17.1 Å². The Bertz CT molecular complexity index is 409. The Morgan fingerprint density at radius 3 is 2.56 bits per heavy atom. The largest absolute Gasteiger partial charge is 0.314 e. The van der Waals surface area contributed by atoms with Crippen molar-refractivity contribution in [2.24, 2.45) is 0 Å². The molecule has 0 amide bonds. The standard InChI is InChI=1S/C15H23FN2/c1-12-4-5-13(10-14(12)16)11-18-8-6-15(2,17-3)7-9-18/h4-5,10,17H,6-9,11H2,1-3H3. The molecule has 1 aliphatic heterocycles. The molecular formula is C15H23FN2. The highest BCUT2D eigenvalue weighted by molar-refractivity contribution is 5.23. The Labute approximate surface area is 109 Å². The summed E-state index contributed by atoms with van der Waals surface area (Å²) in [4.78, 5) is 2.41. The van der Waals surface area contributed by atoms with Crippen molar-refractivity contribution in [3.63, 3.8) is 0 Å². The van der Waals surface area contributed by atoms with E-state index in [1.54, 1.807) is 13.0 Å². The van der Waals surface area contributed by atoms with Crippen LogP contribution in [0.2, 0.25) is 0 Å². The number of likely N-dealkylation sites (tertiary alicyclic amines) is 1. The summed E-state index contributed by atoms with van der Waals surface area (Å²) >= 11 is 0. The van der Waals surface area contributed by atoms with Gasteiger partial charge in [0.15, 0.2) is 0 Å².